The predicted molar refractivity (Wildman–Crippen MR) is 80.6 cm³/mol. The SMILES string of the molecule is Clc1ccc(NCc2ccccc2Br)c(Br)c1. The molecule has 0 aromatic heterocycles. The lowest BCUT2D eigenvalue weighted by atomic mass is 10.2. The fourth-order valence-electron chi connectivity index (χ4n) is 1.47. The van der Waals surface area contributed by atoms with Crippen LogP contribution in [-0.2, 0) is 6.54 Å². The van der Waals surface area contributed by atoms with Gasteiger partial charge in [0.25, 0.3) is 0 Å². The minimum atomic E-state index is 0.725. The van der Waals surface area contributed by atoms with E-state index in [4.69, 9.17) is 11.6 Å². The van der Waals surface area contributed by atoms with Gasteiger partial charge in [-0.25, -0.2) is 0 Å². The smallest absolute Gasteiger partial charge is 0.0488 e. The highest BCUT2D eigenvalue weighted by Gasteiger charge is 2.02. The number of rotatable bonds is 3. The molecular formula is C13H10Br2ClN. The van der Waals surface area contributed by atoms with Gasteiger partial charge in [-0.2, -0.15) is 0 Å². The molecule has 1 N–H and O–H groups in total. The summed E-state index contributed by atoms with van der Waals surface area (Å²) >= 11 is 12.9. The molecule has 0 fully saturated rings. The zero-order valence-electron chi connectivity index (χ0n) is 8.88. The summed E-state index contributed by atoms with van der Waals surface area (Å²) in [6, 6.07) is 13.9. The summed E-state index contributed by atoms with van der Waals surface area (Å²) in [7, 11) is 0. The lowest BCUT2D eigenvalue weighted by Crippen LogP contribution is -2.00. The van der Waals surface area contributed by atoms with Crippen molar-refractivity contribution in [1.29, 1.82) is 0 Å². The van der Waals surface area contributed by atoms with Crippen molar-refractivity contribution >= 4 is 49.1 Å². The average Bonchev–Trinajstić information content (AvgIpc) is 2.30. The first-order chi connectivity index (χ1) is 8.16. The van der Waals surface area contributed by atoms with Crippen molar-refractivity contribution in [2.24, 2.45) is 0 Å². The summed E-state index contributed by atoms with van der Waals surface area (Å²) < 4.78 is 2.08. The van der Waals surface area contributed by atoms with Gasteiger partial charge in [-0.05, 0) is 45.8 Å². The van der Waals surface area contributed by atoms with Crippen LogP contribution in [0.2, 0.25) is 5.02 Å². The topological polar surface area (TPSA) is 12.0 Å². The van der Waals surface area contributed by atoms with Crippen LogP contribution >= 0.6 is 43.5 Å². The number of anilines is 1. The van der Waals surface area contributed by atoms with Crippen molar-refractivity contribution in [3.8, 4) is 0 Å². The van der Waals surface area contributed by atoms with E-state index < -0.39 is 0 Å². The van der Waals surface area contributed by atoms with E-state index in [2.05, 4.69) is 43.2 Å². The van der Waals surface area contributed by atoms with Crippen LogP contribution in [-0.4, -0.2) is 0 Å². The molecule has 4 heteroatoms. The summed E-state index contributed by atoms with van der Waals surface area (Å²) in [5.41, 5.74) is 2.25. The van der Waals surface area contributed by atoms with Gasteiger partial charge in [-0.15, -0.1) is 0 Å². The van der Waals surface area contributed by atoms with E-state index in [9.17, 15) is 0 Å². The first kappa shape index (κ1) is 12.9. The molecule has 0 spiro atoms. The Bertz CT molecular complexity index is 529. The molecule has 0 unspecified atom stereocenters. The molecule has 17 heavy (non-hydrogen) atoms. The molecule has 0 aliphatic heterocycles. The highest BCUT2D eigenvalue weighted by Crippen LogP contribution is 2.27. The van der Waals surface area contributed by atoms with Gasteiger partial charge in [-0.1, -0.05) is 45.7 Å². The molecule has 1 nitrogen and oxygen atoms in total. The maximum atomic E-state index is 5.89. The van der Waals surface area contributed by atoms with Crippen molar-refractivity contribution in [3.63, 3.8) is 0 Å². The average molecular weight is 375 g/mol. The molecule has 0 saturated carbocycles. The monoisotopic (exact) mass is 373 g/mol. The predicted octanol–water partition coefficient (Wildman–Crippen LogP) is 5.48. The summed E-state index contributed by atoms with van der Waals surface area (Å²) in [6.07, 6.45) is 0. The number of hydrogen-bond donors (Lipinski definition) is 1. The van der Waals surface area contributed by atoms with Crippen LogP contribution < -0.4 is 5.32 Å². The molecule has 0 bridgehead atoms. The largest absolute Gasteiger partial charge is 0.380 e. The van der Waals surface area contributed by atoms with E-state index in [0.717, 1.165) is 26.2 Å². The zero-order chi connectivity index (χ0) is 12.3. The lowest BCUT2D eigenvalue weighted by Gasteiger charge is -2.10. The van der Waals surface area contributed by atoms with Crippen LogP contribution in [0.3, 0.4) is 0 Å². The van der Waals surface area contributed by atoms with E-state index in [1.165, 1.54) is 5.56 Å². The Morgan fingerprint density at radius 3 is 2.47 bits per heavy atom. The molecule has 2 aromatic carbocycles. The number of hydrogen-bond acceptors (Lipinski definition) is 1. The van der Waals surface area contributed by atoms with Crippen LogP contribution in [0.25, 0.3) is 0 Å². The van der Waals surface area contributed by atoms with Crippen molar-refractivity contribution < 1.29 is 0 Å². The van der Waals surface area contributed by atoms with Crippen LogP contribution in [0, 0.1) is 0 Å². The molecule has 0 radical (unpaired) electrons. The highest BCUT2D eigenvalue weighted by molar-refractivity contribution is 9.11. The van der Waals surface area contributed by atoms with E-state index in [1.54, 1.807) is 0 Å². The third kappa shape index (κ3) is 3.47. The van der Waals surface area contributed by atoms with Gasteiger partial charge in [0.15, 0.2) is 0 Å². The van der Waals surface area contributed by atoms with E-state index >= 15 is 0 Å². The van der Waals surface area contributed by atoms with Gasteiger partial charge in [0, 0.05) is 26.2 Å². The van der Waals surface area contributed by atoms with Crippen molar-refractivity contribution in [3.05, 3.63) is 62.0 Å². The third-order valence-electron chi connectivity index (χ3n) is 2.36. The maximum Gasteiger partial charge on any atom is 0.0488 e. The van der Waals surface area contributed by atoms with Gasteiger partial charge in [0.2, 0.25) is 0 Å². The molecule has 0 amide bonds. The van der Waals surface area contributed by atoms with Crippen LogP contribution in [0.5, 0.6) is 0 Å². The Hall–Kier alpha value is -0.510. The van der Waals surface area contributed by atoms with Gasteiger partial charge in [0.05, 0.1) is 0 Å². The first-order valence-corrected chi connectivity index (χ1v) is 7.05. The molecule has 88 valence electrons. The fraction of sp³-hybridized carbons (Fsp3) is 0.0769. The quantitative estimate of drug-likeness (QED) is 0.749. The standard InChI is InChI=1S/C13H10Br2ClN/c14-11-4-2-1-3-9(11)8-17-13-6-5-10(16)7-12(13)15/h1-7,17H,8H2. The first-order valence-electron chi connectivity index (χ1n) is 5.09. The second-order valence-corrected chi connectivity index (χ2v) is 5.71. The summed E-state index contributed by atoms with van der Waals surface area (Å²) in [6.45, 7) is 0.766. The van der Waals surface area contributed by atoms with Gasteiger partial charge >= 0.3 is 0 Å². The molecular weight excluding hydrogens is 365 g/mol. The minimum absolute atomic E-state index is 0.725. The van der Waals surface area contributed by atoms with Gasteiger partial charge < -0.3 is 5.32 Å². The third-order valence-corrected chi connectivity index (χ3v) is 4.02. The Morgan fingerprint density at radius 2 is 1.76 bits per heavy atom. The second kappa shape index (κ2) is 5.89. The van der Waals surface area contributed by atoms with Crippen molar-refractivity contribution in [2.45, 2.75) is 6.54 Å². The van der Waals surface area contributed by atoms with Crippen LogP contribution in [0.4, 0.5) is 5.69 Å². The minimum Gasteiger partial charge on any atom is -0.380 e. The van der Waals surface area contributed by atoms with E-state index in [0.29, 0.717) is 0 Å². The summed E-state index contributed by atoms with van der Waals surface area (Å²) in [4.78, 5) is 0. The molecule has 0 heterocycles. The normalized spacial score (nSPS) is 10.3. The Balaban J connectivity index is 2.10. The highest BCUT2D eigenvalue weighted by atomic mass is 79.9. The van der Waals surface area contributed by atoms with Crippen LogP contribution in [0.15, 0.2) is 51.4 Å². The molecule has 0 atom stereocenters. The van der Waals surface area contributed by atoms with E-state index in [-0.39, 0.29) is 0 Å². The molecule has 2 aromatic rings. The lowest BCUT2D eigenvalue weighted by molar-refractivity contribution is 1.13. The Morgan fingerprint density at radius 1 is 1.00 bits per heavy atom. The Labute approximate surface area is 122 Å². The van der Waals surface area contributed by atoms with Crippen molar-refractivity contribution in [1.82, 2.24) is 0 Å². The van der Waals surface area contributed by atoms with Crippen LogP contribution in [0.1, 0.15) is 5.56 Å². The van der Waals surface area contributed by atoms with Crippen molar-refractivity contribution in [2.75, 3.05) is 5.32 Å². The van der Waals surface area contributed by atoms with Gasteiger partial charge in [-0.3, -0.25) is 0 Å². The molecule has 0 saturated heterocycles. The van der Waals surface area contributed by atoms with Gasteiger partial charge in [0.1, 0.15) is 0 Å². The number of nitrogens with one attached hydrogen (secondary N) is 1. The van der Waals surface area contributed by atoms with E-state index in [1.807, 2.05) is 36.4 Å². The maximum absolute atomic E-state index is 5.89. The molecule has 0 aliphatic carbocycles. The summed E-state index contributed by atoms with van der Waals surface area (Å²) in [5, 5.41) is 4.09. The fourth-order valence-corrected chi connectivity index (χ4v) is 2.71. The molecule has 2 rings (SSSR count). The Kier molecular flexibility index (Phi) is 4.48. The number of benzene rings is 2. The second-order valence-electron chi connectivity index (χ2n) is 3.57. The summed E-state index contributed by atoms with van der Waals surface area (Å²) in [5.74, 6) is 0. The number of halogens is 3. The molecule has 0 aliphatic rings. The zero-order valence-corrected chi connectivity index (χ0v) is 12.8.